The van der Waals surface area contributed by atoms with Crippen molar-refractivity contribution in [2.24, 2.45) is 0 Å². The molecule has 210 valence electrons. The van der Waals surface area contributed by atoms with E-state index >= 15 is 0 Å². The topological polar surface area (TPSA) is 14.8 Å². The summed E-state index contributed by atoms with van der Waals surface area (Å²) in [5.41, 5.74) is 9.58. The van der Waals surface area contributed by atoms with E-state index in [4.69, 9.17) is 0 Å². The molecule has 7 aromatic carbocycles. The third-order valence-corrected chi connectivity index (χ3v) is 9.47. The van der Waals surface area contributed by atoms with Crippen molar-refractivity contribution in [3.63, 3.8) is 0 Å². The molecule has 3 heteroatoms. The van der Waals surface area contributed by atoms with Crippen LogP contribution in [0.15, 0.2) is 164 Å². The molecule has 3 aromatic heterocycles. The number of nitrogens with zero attached hydrogens (tertiary/aromatic N) is 3. The maximum Gasteiger partial charge on any atom is 0.0626 e. The van der Waals surface area contributed by atoms with Crippen LogP contribution in [0.2, 0.25) is 0 Å². The highest BCUT2D eigenvalue weighted by atomic mass is 15.0. The second-order valence-corrected chi connectivity index (χ2v) is 11.8. The molecule has 0 amide bonds. The van der Waals surface area contributed by atoms with Crippen molar-refractivity contribution in [1.82, 2.24) is 13.7 Å². The monoisotopic (exact) mass is 573 g/mol. The van der Waals surface area contributed by atoms with E-state index < -0.39 is 0 Å². The van der Waals surface area contributed by atoms with Crippen molar-refractivity contribution in [3.8, 4) is 17.1 Å². The van der Waals surface area contributed by atoms with Crippen LogP contribution in [0.4, 0.5) is 0 Å². The summed E-state index contributed by atoms with van der Waals surface area (Å²) in [5, 5.41) is 8.86. The van der Waals surface area contributed by atoms with Gasteiger partial charge >= 0.3 is 0 Å². The Labute approximate surface area is 259 Å². The molecule has 10 aromatic rings. The molecule has 0 spiro atoms. The number of aromatic nitrogens is 3. The predicted octanol–water partition coefficient (Wildman–Crippen LogP) is 11.0. The second-order valence-electron chi connectivity index (χ2n) is 11.8. The van der Waals surface area contributed by atoms with Gasteiger partial charge in [-0.2, -0.15) is 0 Å². The maximum atomic E-state index is 2.46. The zero-order valence-corrected chi connectivity index (χ0v) is 24.4. The summed E-state index contributed by atoms with van der Waals surface area (Å²) in [6.45, 7) is 0. The highest BCUT2D eigenvalue weighted by Gasteiger charge is 2.18. The lowest BCUT2D eigenvalue weighted by molar-refractivity contribution is 1.13. The van der Waals surface area contributed by atoms with Crippen LogP contribution in [0.25, 0.3) is 82.3 Å². The molecule has 0 atom stereocenters. The first-order chi connectivity index (χ1) is 22.3. The van der Waals surface area contributed by atoms with E-state index in [0.29, 0.717) is 0 Å². The summed E-state index contributed by atoms with van der Waals surface area (Å²) >= 11 is 0. The lowest BCUT2D eigenvalue weighted by atomic mass is 10.0. The largest absolute Gasteiger partial charge is 0.317 e. The minimum atomic E-state index is 1.15. The molecule has 45 heavy (non-hydrogen) atoms. The van der Waals surface area contributed by atoms with E-state index in [1.165, 1.54) is 71.0 Å². The van der Waals surface area contributed by atoms with Crippen molar-refractivity contribution in [2.75, 3.05) is 0 Å². The summed E-state index contributed by atoms with van der Waals surface area (Å²) in [6, 6.07) is 57.2. The number of benzene rings is 7. The van der Waals surface area contributed by atoms with Gasteiger partial charge in [0.25, 0.3) is 0 Å². The van der Waals surface area contributed by atoms with Crippen molar-refractivity contribution in [2.45, 2.75) is 0 Å². The first-order valence-corrected chi connectivity index (χ1v) is 15.5. The van der Waals surface area contributed by atoms with Gasteiger partial charge in [-0.3, -0.25) is 0 Å². The molecule has 0 bridgehead atoms. The number of hydrogen-bond donors (Lipinski definition) is 0. The van der Waals surface area contributed by atoms with Gasteiger partial charge in [-0.1, -0.05) is 91.0 Å². The van der Waals surface area contributed by atoms with Gasteiger partial charge in [-0.15, -0.1) is 0 Å². The predicted molar refractivity (Wildman–Crippen MR) is 189 cm³/mol. The second kappa shape index (κ2) is 9.22. The molecule has 0 fully saturated rings. The van der Waals surface area contributed by atoms with Crippen molar-refractivity contribution < 1.29 is 0 Å². The first-order valence-electron chi connectivity index (χ1n) is 15.5. The summed E-state index contributed by atoms with van der Waals surface area (Å²) in [5.74, 6) is 0. The van der Waals surface area contributed by atoms with Crippen LogP contribution in [0.5, 0.6) is 0 Å². The molecule has 0 aliphatic carbocycles. The van der Waals surface area contributed by atoms with E-state index in [1.807, 2.05) is 0 Å². The SMILES string of the molecule is c1ccc(-n2ccc3c4c(ccc5c6ccccc6n(-c6ccc(-n7c8ccccc8c8ccccc87)cc6)c54)ccc32)cc1. The molecular formula is C42H27N3. The van der Waals surface area contributed by atoms with Gasteiger partial charge in [-0.25, -0.2) is 0 Å². The Morgan fingerprint density at radius 3 is 1.51 bits per heavy atom. The maximum absolute atomic E-state index is 2.46. The van der Waals surface area contributed by atoms with Crippen LogP contribution >= 0.6 is 0 Å². The average molecular weight is 574 g/mol. The summed E-state index contributed by atoms with van der Waals surface area (Å²) in [6.07, 6.45) is 2.20. The van der Waals surface area contributed by atoms with Crippen molar-refractivity contribution in [1.29, 1.82) is 0 Å². The van der Waals surface area contributed by atoms with Crippen molar-refractivity contribution in [3.05, 3.63) is 164 Å². The molecule has 0 aliphatic heterocycles. The fourth-order valence-electron chi connectivity index (χ4n) is 7.52. The molecule has 0 saturated heterocycles. The van der Waals surface area contributed by atoms with Gasteiger partial charge in [0.05, 0.1) is 27.6 Å². The van der Waals surface area contributed by atoms with E-state index in [0.717, 1.165) is 11.4 Å². The van der Waals surface area contributed by atoms with Gasteiger partial charge in [-0.05, 0) is 72.1 Å². The minimum Gasteiger partial charge on any atom is -0.317 e. The van der Waals surface area contributed by atoms with Crippen LogP contribution in [0.3, 0.4) is 0 Å². The summed E-state index contributed by atoms with van der Waals surface area (Å²) < 4.78 is 7.13. The van der Waals surface area contributed by atoms with E-state index in [1.54, 1.807) is 0 Å². The number of para-hydroxylation sites is 4. The van der Waals surface area contributed by atoms with Crippen LogP contribution in [0.1, 0.15) is 0 Å². The standard InChI is InChI=1S/C42H27N3/c1-2-10-29(11-3-1)43-27-26-36-37(43)25-19-28-18-24-35-34-14-6-9-17-40(34)45(42(35)41(28)36)31-22-20-30(21-23-31)44-38-15-7-4-12-32(38)33-13-5-8-16-39(33)44/h1-27H. The Bertz CT molecular complexity index is 2690. The first kappa shape index (κ1) is 24.4. The molecule has 0 unspecified atom stereocenters. The molecule has 10 rings (SSSR count). The minimum absolute atomic E-state index is 1.15. The summed E-state index contributed by atoms with van der Waals surface area (Å²) in [7, 11) is 0. The zero-order chi connectivity index (χ0) is 29.5. The Balaban J connectivity index is 1.25. The molecule has 3 nitrogen and oxygen atoms in total. The Morgan fingerprint density at radius 2 is 0.844 bits per heavy atom. The van der Waals surface area contributed by atoms with E-state index in [9.17, 15) is 0 Å². The number of hydrogen-bond acceptors (Lipinski definition) is 0. The van der Waals surface area contributed by atoms with Crippen molar-refractivity contribution >= 4 is 65.3 Å². The third kappa shape index (κ3) is 3.41. The number of fused-ring (bicyclic) bond motifs is 10. The van der Waals surface area contributed by atoms with E-state index in [-0.39, 0.29) is 0 Å². The Hall–Kier alpha value is -6.06. The van der Waals surface area contributed by atoms with Gasteiger partial charge < -0.3 is 13.7 Å². The Morgan fingerprint density at radius 1 is 0.311 bits per heavy atom. The smallest absolute Gasteiger partial charge is 0.0626 e. The van der Waals surface area contributed by atoms with Gasteiger partial charge in [0.15, 0.2) is 0 Å². The Kier molecular flexibility index (Phi) is 5.00. The van der Waals surface area contributed by atoms with Gasteiger partial charge in [0.1, 0.15) is 0 Å². The van der Waals surface area contributed by atoms with E-state index in [2.05, 4.69) is 178 Å². The normalized spacial score (nSPS) is 12.0. The fraction of sp³-hybridized carbons (Fsp3) is 0. The highest BCUT2D eigenvalue weighted by Crippen LogP contribution is 2.40. The van der Waals surface area contributed by atoms with Crippen LogP contribution in [0, 0.1) is 0 Å². The lowest BCUT2D eigenvalue weighted by Gasteiger charge is -2.13. The molecule has 0 aliphatic rings. The molecule has 0 saturated carbocycles. The molecular weight excluding hydrogens is 546 g/mol. The zero-order valence-electron chi connectivity index (χ0n) is 24.4. The average Bonchev–Trinajstić information content (AvgIpc) is 3.79. The molecule has 3 heterocycles. The fourth-order valence-corrected chi connectivity index (χ4v) is 7.52. The van der Waals surface area contributed by atoms with Gasteiger partial charge in [0.2, 0.25) is 0 Å². The third-order valence-electron chi connectivity index (χ3n) is 9.47. The van der Waals surface area contributed by atoms with Crippen LogP contribution in [-0.2, 0) is 0 Å². The van der Waals surface area contributed by atoms with Gasteiger partial charge in [0, 0.05) is 55.6 Å². The van der Waals surface area contributed by atoms with Crippen LogP contribution < -0.4 is 0 Å². The highest BCUT2D eigenvalue weighted by molar-refractivity contribution is 6.25. The molecule has 0 N–H and O–H groups in total. The lowest BCUT2D eigenvalue weighted by Crippen LogP contribution is -1.98. The van der Waals surface area contributed by atoms with Crippen LogP contribution in [-0.4, -0.2) is 13.7 Å². The number of rotatable bonds is 3. The summed E-state index contributed by atoms with van der Waals surface area (Å²) in [4.78, 5) is 0. The quantitative estimate of drug-likeness (QED) is 0.200. The molecule has 0 radical (unpaired) electrons.